The van der Waals surface area contributed by atoms with E-state index in [9.17, 15) is 13.2 Å². The van der Waals surface area contributed by atoms with Gasteiger partial charge in [0.1, 0.15) is 17.1 Å². The third kappa shape index (κ3) is 5.75. The molecule has 0 radical (unpaired) electrons. The first kappa shape index (κ1) is 25.9. The van der Waals surface area contributed by atoms with E-state index in [1.54, 1.807) is 52.6 Å². The predicted octanol–water partition coefficient (Wildman–Crippen LogP) is 6.26. The summed E-state index contributed by atoms with van der Waals surface area (Å²) in [6.45, 7) is 2.87. The van der Waals surface area contributed by atoms with Crippen LogP contribution in [-0.4, -0.2) is 48.2 Å². The molecule has 0 aliphatic carbocycles. The summed E-state index contributed by atoms with van der Waals surface area (Å²) in [6, 6.07) is 13.6. The highest BCUT2D eigenvalue weighted by Gasteiger charge is 2.29. The van der Waals surface area contributed by atoms with E-state index in [1.807, 2.05) is 24.4 Å². The maximum atomic E-state index is 12.7. The number of rotatable bonds is 6. The van der Waals surface area contributed by atoms with Crippen LogP contribution in [0.5, 0.6) is 0 Å². The minimum atomic E-state index is -3.67. The van der Waals surface area contributed by atoms with Gasteiger partial charge in [0.25, 0.3) is 0 Å². The molecule has 1 amide bonds. The molecule has 1 saturated heterocycles. The molecule has 2 aromatic carbocycles. The maximum Gasteiger partial charge on any atom is 0.238 e. The lowest BCUT2D eigenvalue weighted by Gasteiger charge is -2.31. The molecular weight excluding hydrogens is 553 g/mol. The van der Waals surface area contributed by atoms with E-state index in [2.05, 4.69) is 5.16 Å². The van der Waals surface area contributed by atoms with E-state index >= 15 is 0 Å². The van der Waals surface area contributed by atoms with Crippen LogP contribution in [0, 0.1) is 6.92 Å². The third-order valence-corrected chi connectivity index (χ3v) is 9.75. The molecule has 1 aliphatic rings. The standard InChI is InChI=1S/C26H23Cl2N3O4S2/c1-16-2-5-19(6-3-16)37(33,34)15-25(32)31-10-8-17(9-11-31)26-29-23(14-36-26)24-13-22(30-35-24)18-4-7-20(27)21(28)12-18/h2-7,12-14,17H,8-11,15H2,1H3. The first-order valence-electron chi connectivity index (χ1n) is 11.6. The van der Waals surface area contributed by atoms with Crippen molar-refractivity contribution in [3.63, 3.8) is 0 Å². The summed E-state index contributed by atoms with van der Waals surface area (Å²) in [4.78, 5) is 19.3. The zero-order chi connectivity index (χ0) is 26.2. The van der Waals surface area contributed by atoms with Crippen LogP contribution in [0.1, 0.15) is 29.3 Å². The molecule has 0 unspecified atom stereocenters. The molecule has 1 fully saturated rings. The zero-order valence-corrected chi connectivity index (χ0v) is 23.0. The Morgan fingerprint density at radius 2 is 1.78 bits per heavy atom. The van der Waals surface area contributed by atoms with Crippen molar-refractivity contribution in [2.24, 2.45) is 0 Å². The second kappa shape index (κ2) is 10.6. The average molecular weight is 577 g/mol. The van der Waals surface area contributed by atoms with Crippen molar-refractivity contribution in [3.8, 4) is 22.7 Å². The van der Waals surface area contributed by atoms with Crippen LogP contribution in [0.15, 0.2) is 63.3 Å². The normalized spacial score (nSPS) is 14.7. The van der Waals surface area contributed by atoms with Crippen LogP contribution >= 0.6 is 34.5 Å². The van der Waals surface area contributed by atoms with E-state index in [1.165, 1.54) is 0 Å². The first-order chi connectivity index (χ1) is 17.7. The molecule has 0 spiro atoms. The van der Waals surface area contributed by atoms with E-state index in [-0.39, 0.29) is 16.7 Å². The maximum absolute atomic E-state index is 12.7. The van der Waals surface area contributed by atoms with Crippen molar-refractivity contribution in [2.75, 3.05) is 18.8 Å². The zero-order valence-electron chi connectivity index (χ0n) is 19.9. The van der Waals surface area contributed by atoms with Crippen LogP contribution in [0.4, 0.5) is 0 Å². The topological polar surface area (TPSA) is 93.4 Å². The van der Waals surface area contributed by atoms with Gasteiger partial charge in [-0.05, 0) is 44.0 Å². The first-order valence-corrected chi connectivity index (χ1v) is 14.9. The number of benzene rings is 2. The Morgan fingerprint density at radius 1 is 1.05 bits per heavy atom. The monoisotopic (exact) mass is 575 g/mol. The van der Waals surface area contributed by atoms with Crippen LogP contribution in [-0.2, 0) is 14.6 Å². The molecule has 1 aliphatic heterocycles. The minimum absolute atomic E-state index is 0.173. The molecule has 2 aromatic heterocycles. The number of piperidine rings is 1. The average Bonchev–Trinajstić information content (AvgIpc) is 3.56. The Hall–Kier alpha value is -2.72. The highest BCUT2D eigenvalue weighted by Crippen LogP contribution is 2.35. The lowest BCUT2D eigenvalue weighted by atomic mass is 9.97. The van der Waals surface area contributed by atoms with Gasteiger partial charge in [0.2, 0.25) is 5.91 Å². The smallest absolute Gasteiger partial charge is 0.238 e. The molecule has 0 saturated carbocycles. The SMILES string of the molecule is Cc1ccc(S(=O)(=O)CC(=O)N2CCC(c3nc(-c4cc(-c5ccc(Cl)c(Cl)c5)no4)cs3)CC2)cc1. The van der Waals surface area contributed by atoms with Crippen LogP contribution in [0.2, 0.25) is 10.0 Å². The van der Waals surface area contributed by atoms with Crippen molar-refractivity contribution >= 4 is 50.3 Å². The van der Waals surface area contributed by atoms with E-state index < -0.39 is 15.6 Å². The van der Waals surface area contributed by atoms with Gasteiger partial charge in [0, 0.05) is 36.0 Å². The number of hydrogen-bond acceptors (Lipinski definition) is 7. The van der Waals surface area contributed by atoms with Crippen molar-refractivity contribution in [1.82, 2.24) is 15.0 Å². The number of nitrogens with zero attached hydrogens (tertiary/aromatic N) is 3. The number of aryl methyl sites for hydroxylation is 1. The van der Waals surface area contributed by atoms with Gasteiger partial charge in [-0.15, -0.1) is 11.3 Å². The molecule has 0 bridgehead atoms. The number of aromatic nitrogens is 2. The Bertz CT molecular complexity index is 1540. The number of amides is 1. The molecule has 0 N–H and O–H groups in total. The summed E-state index contributed by atoms with van der Waals surface area (Å²) in [7, 11) is -3.67. The van der Waals surface area contributed by atoms with Gasteiger partial charge in [-0.1, -0.05) is 52.1 Å². The van der Waals surface area contributed by atoms with E-state index in [0.29, 0.717) is 53.1 Å². The van der Waals surface area contributed by atoms with Gasteiger partial charge >= 0.3 is 0 Å². The van der Waals surface area contributed by atoms with Gasteiger partial charge in [-0.25, -0.2) is 13.4 Å². The summed E-state index contributed by atoms with van der Waals surface area (Å²) < 4.78 is 30.8. The second-order valence-electron chi connectivity index (χ2n) is 9.00. The van der Waals surface area contributed by atoms with Crippen molar-refractivity contribution in [3.05, 3.63) is 74.5 Å². The summed E-state index contributed by atoms with van der Waals surface area (Å²) in [5.41, 5.74) is 3.09. The van der Waals surface area contributed by atoms with E-state index in [0.717, 1.165) is 16.1 Å². The number of halogens is 2. The third-order valence-electron chi connectivity index (χ3n) is 6.39. The van der Waals surface area contributed by atoms with Crippen molar-refractivity contribution in [1.29, 1.82) is 0 Å². The molecule has 37 heavy (non-hydrogen) atoms. The van der Waals surface area contributed by atoms with Gasteiger partial charge in [0.15, 0.2) is 15.6 Å². The lowest BCUT2D eigenvalue weighted by Crippen LogP contribution is -2.41. The quantitative estimate of drug-likeness (QED) is 0.269. The lowest BCUT2D eigenvalue weighted by molar-refractivity contribution is -0.129. The summed E-state index contributed by atoms with van der Waals surface area (Å²) in [6.07, 6.45) is 1.43. The van der Waals surface area contributed by atoms with Crippen LogP contribution in [0.25, 0.3) is 22.7 Å². The van der Waals surface area contributed by atoms with E-state index in [4.69, 9.17) is 32.7 Å². The van der Waals surface area contributed by atoms with Gasteiger partial charge < -0.3 is 9.42 Å². The molecule has 192 valence electrons. The highest BCUT2D eigenvalue weighted by molar-refractivity contribution is 7.92. The number of likely N-dealkylation sites (tertiary alicyclic amines) is 1. The van der Waals surface area contributed by atoms with Crippen molar-refractivity contribution < 1.29 is 17.7 Å². The summed E-state index contributed by atoms with van der Waals surface area (Å²) in [5.74, 6) is -0.142. The number of hydrogen-bond donors (Lipinski definition) is 0. The predicted molar refractivity (Wildman–Crippen MR) is 145 cm³/mol. The second-order valence-corrected chi connectivity index (χ2v) is 12.7. The Balaban J connectivity index is 1.20. The number of thiazole rings is 1. The largest absolute Gasteiger partial charge is 0.354 e. The van der Waals surface area contributed by atoms with Crippen LogP contribution < -0.4 is 0 Å². The molecule has 4 aromatic rings. The fourth-order valence-corrected chi connectivity index (χ4v) is 6.74. The van der Waals surface area contributed by atoms with Crippen LogP contribution in [0.3, 0.4) is 0 Å². The fraction of sp³-hybridized carbons (Fsp3) is 0.269. The molecule has 11 heteroatoms. The molecular formula is C26H23Cl2N3O4S2. The summed E-state index contributed by atoms with van der Waals surface area (Å²) in [5, 5.41) is 7.94. The highest BCUT2D eigenvalue weighted by atomic mass is 35.5. The number of carbonyl (C=O) groups is 1. The minimum Gasteiger partial charge on any atom is -0.354 e. The Kier molecular flexibility index (Phi) is 7.40. The number of sulfone groups is 1. The van der Waals surface area contributed by atoms with Gasteiger partial charge in [-0.3, -0.25) is 4.79 Å². The Labute approximate surface area is 228 Å². The van der Waals surface area contributed by atoms with Crippen molar-refractivity contribution in [2.45, 2.75) is 30.6 Å². The van der Waals surface area contributed by atoms with Gasteiger partial charge in [0.05, 0.1) is 19.9 Å². The fourth-order valence-electron chi connectivity index (χ4n) is 4.23. The molecule has 3 heterocycles. The number of carbonyl (C=O) groups excluding carboxylic acids is 1. The molecule has 5 rings (SSSR count). The molecule has 0 atom stereocenters. The molecule has 7 nitrogen and oxygen atoms in total. The Morgan fingerprint density at radius 3 is 2.49 bits per heavy atom. The van der Waals surface area contributed by atoms with Gasteiger partial charge in [-0.2, -0.15) is 0 Å². The summed E-state index contributed by atoms with van der Waals surface area (Å²) >= 11 is 13.7.